The molecule has 4 rings (SSSR count). The van der Waals surface area contributed by atoms with Crippen LogP contribution in [0.5, 0.6) is 0 Å². The van der Waals surface area contributed by atoms with E-state index in [0.717, 1.165) is 24.4 Å². The molecule has 1 aliphatic rings. The van der Waals surface area contributed by atoms with Crippen molar-refractivity contribution in [2.75, 3.05) is 38.1 Å². The number of rotatable bonds is 12. The third kappa shape index (κ3) is 13.0. The second-order valence-electron chi connectivity index (χ2n) is 10.6. The minimum atomic E-state index is -4.94. The Morgan fingerprint density at radius 2 is 1.32 bits per heavy atom. The molecule has 0 saturated heterocycles. The van der Waals surface area contributed by atoms with Crippen LogP contribution >= 0.6 is 0 Å². The van der Waals surface area contributed by atoms with E-state index < -0.39 is 20.5 Å². The van der Waals surface area contributed by atoms with Crippen molar-refractivity contribution in [2.45, 2.75) is 65.3 Å². The molecule has 2 aromatic carbocycles. The zero-order valence-corrected chi connectivity index (χ0v) is 27.2. The number of para-hydroxylation sites is 3. The summed E-state index contributed by atoms with van der Waals surface area (Å²) in [5, 5.41) is 0. The van der Waals surface area contributed by atoms with Crippen molar-refractivity contribution in [1.82, 2.24) is 0 Å². The fraction of sp³-hybridized carbons (Fsp3) is 0.500. The Morgan fingerprint density at radius 3 is 1.93 bits per heavy atom. The molecule has 1 aromatic heterocycles. The maximum absolute atomic E-state index is 8.49. The average Bonchev–Trinajstić information content (AvgIpc) is 3.30. The first-order valence-corrected chi connectivity index (χ1v) is 17.1. The Morgan fingerprint density at radius 1 is 0.773 bits per heavy atom. The summed E-state index contributed by atoms with van der Waals surface area (Å²) in [6.45, 7) is 13.1. The maximum Gasteiger partial charge on any atom is 0.348 e. The van der Waals surface area contributed by atoms with E-state index in [4.69, 9.17) is 41.7 Å². The summed E-state index contributed by atoms with van der Waals surface area (Å²) in [5.74, 6) is 1.43. The van der Waals surface area contributed by atoms with Crippen LogP contribution in [0.2, 0.25) is 0 Å². The first-order valence-electron chi connectivity index (χ1n) is 14.6. The lowest BCUT2D eigenvalue weighted by Gasteiger charge is -2.35. The van der Waals surface area contributed by atoms with E-state index in [2.05, 4.69) is 98.1 Å². The van der Waals surface area contributed by atoms with Crippen LogP contribution in [0.25, 0.3) is 11.1 Å². The van der Waals surface area contributed by atoms with Crippen molar-refractivity contribution < 1.29 is 71.2 Å². The summed E-state index contributed by atoms with van der Waals surface area (Å²) in [6, 6.07) is 17.2. The molecule has 12 nitrogen and oxygen atoms in total. The number of oxazole rings is 1. The summed E-state index contributed by atoms with van der Waals surface area (Å²) in [6.07, 6.45) is 10.5. The summed E-state index contributed by atoms with van der Waals surface area (Å²) >= 11 is 0. The maximum atomic E-state index is 8.49. The standard InChI is InChI=1S/C30H43N3O.2ClHO4/c1-5-33(6-2,7-3)23-15-9-8-14-21-32-28-18-12-13-19-29(28)34-30(32)24-25-20-22-31(4)27-17-11-10-16-26(25)27;2*2-1(3,4)5/h10-13,16-20,22,25H,5-9,14-15,21,23-24H2,1-4H3;2*(H,2,3,4,5)/q+2;;/p-2. The molecule has 0 saturated carbocycles. The molecule has 14 heteroatoms. The molecule has 3 aromatic rings. The number of allylic oxidation sites excluding steroid dienone is 1. The highest BCUT2D eigenvalue weighted by atomic mass is 35.7. The highest BCUT2D eigenvalue weighted by Crippen LogP contribution is 2.34. The van der Waals surface area contributed by atoms with Gasteiger partial charge in [0.1, 0.15) is 0 Å². The van der Waals surface area contributed by atoms with Crippen molar-refractivity contribution in [3.63, 3.8) is 0 Å². The summed E-state index contributed by atoms with van der Waals surface area (Å²) in [7, 11) is -7.77. The van der Waals surface area contributed by atoms with Gasteiger partial charge in [-0.1, -0.05) is 36.4 Å². The number of halogens is 2. The van der Waals surface area contributed by atoms with E-state index in [-0.39, 0.29) is 0 Å². The van der Waals surface area contributed by atoms with Crippen LogP contribution in [0.3, 0.4) is 0 Å². The molecule has 1 aliphatic heterocycles. The third-order valence-electron chi connectivity index (χ3n) is 8.11. The molecule has 0 bridgehead atoms. The fourth-order valence-corrected chi connectivity index (χ4v) is 5.60. The van der Waals surface area contributed by atoms with Gasteiger partial charge < -0.3 is 13.8 Å². The number of benzene rings is 2. The predicted molar refractivity (Wildman–Crippen MR) is 142 cm³/mol. The number of aryl methyl sites for hydroxylation is 1. The zero-order chi connectivity index (χ0) is 33.0. The van der Waals surface area contributed by atoms with Gasteiger partial charge in [-0.3, -0.25) is 0 Å². The van der Waals surface area contributed by atoms with Gasteiger partial charge in [0.2, 0.25) is 5.58 Å². The van der Waals surface area contributed by atoms with Crippen molar-refractivity contribution in [3.8, 4) is 0 Å². The van der Waals surface area contributed by atoms with Crippen LogP contribution in [0.4, 0.5) is 5.69 Å². The lowest BCUT2D eigenvalue weighted by molar-refractivity contribution is -2.00. The van der Waals surface area contributed by atoms with Gasteiger partial charge in [-0.15, -0.1) is 20.5 Å². The molecule has 0 aliphatic carbocycles. The highest BCUT2D eigenvalue weighted by molar-refractivity contribution is 5.68. The zero-order valence-electron chi connectivity index (χ0n) is 25.7. The topological polar surface area (TPSA) is 205 Å². The Labute approximate surface area is 263 Å². The first kappa shape index (κ1) is 37.9. The van der Waals surface area contributed by atoms with Crippen LogP contribution in [-0.2, 0) is 13.0 Å². The molecule has 246 valence electrons. The van der Waals surface area contributed by atoms with E-state index in [1.165, 1.54) is 73.1 Å². The van der Waals surface area contributed by atoms with Crippen LogP contribution < -0.4 is 46.7 Å². The van der Waals surface area contributed by atoms with Crippen LogP contribution in [0.1, 0.15) is 63.8 Å². The number of hydrogen-bond acceptors (Lipinski definition) is 10. The van der Waals surface area contributed by atoms with E-state index in [1.54, 1.807) is 0 Å². The molecule has 0 N–H and O–H groups in total. The molecule has 1 unspecified atom stereocenters. The second-order valence-corrected chi connectivity index (χ2v) is 12.1. The molecular weight excluding hydrogens is 617 g/mol. The average molecular weight is 661 g/mol. The lowest BCUT2D eigenvalue weighted by atomic mass is 9.91. The minimum Gasteiger partial charge on any atom is -0.401 e. The number of unbranched alkanes of at least 4 members (excludes halogenated alkanes) is 3. The van der Waals surface area contributed by atoms with E-state index in [1.807, 2.05) is 0 Å². The van der Waals surface area contributed by atoms with Crippen molar-refractivity contribution in [2.24, 2.45) is 0 Å². The monoisotopic (exact) mass is 659 g/mol. The quantitative estimate of drug-likeness (QED) is 0.109. The SMILES string of the molecule is CC[N+](CC)(CC)CCCCCC[n+]1c(CC2C=CN(C)c3ccccc32)oc2ccccc21.[O-][Cl+3]([O-])([O-])[O-].[O-][Cl+3]([O-])([O-])[O-]. The number of quaternary nitrogens is 1. The Kier molecular flexibility index (Phi) is 15.0. The van der Waals surface area contributed by atoms with Crippen LogP contribution in [0, 0.1) is 20.5 Å². The molecule has 2 heterocycles. The Balaban J connectivity index is 0.000000586. The van der Waals surface area contributed by atoms with Gasteiger partial charge in [0.15, 0.2) is 6.54 Å². The normalized spacial score (nSPS) is 14.9. The first-order chi connectivity index (χ1) is 20.6. The highest BCUT2D eigenvalue weighted by Gasteiger charge is 2.28. The van der Waals surface area contributed by atoms with E-state index in [9.17, 15) is 0 Å². The molecule has 1 atom stereocenters. The summed E-state index contributed by atoms with van der Waals surface area (Å²) < 4.78 is 78.1. The molecule has 0 fully saturated rings. The van der Waals surface area contributed by atoms with Crippen molar-refractivity contribution in [1.29, 1.82) is 0 Å². The number of anilines is 1. The smallest absolute Gasteiger partial charge is 0.348 e. The van der Waals surface area contributed by atoms with Crippen LogP contribution in [-0.4, -0.2) is 37.7 Å². The summed E-state index contributed by atoms with van der Waals surface area (Å²) in [5.41, 5.74) is 4.89. The molecular formula is C30H43Cl2N3O9. The Hall–Kier alpha value is -2.33. The Bertz CT molecular complexity index is 1270. The van der Waals surface area contributed by atoms with Gasteiger partial charge >= 0.3 is 5.89 Å². The number of fused-ring (bicyclic) bond motifs is 2. The number of aromatic nitrogens is 1. The van der Waals surface area contributed by atoms with Crippen LogP contribution in [0.15, 0.2) is 65.2 Å². The van der Waals surface area contributed by atoms with Gasteiger partial charge in [0.25, 0.3) is 5.52 Å². The molecule has 0 amide bonds. The van der Waals surface area contributed by atoms with Gasteiger partial charge in [-0.05, 0) is 57.7 Å². The lowest BCUT2D eigenvalue weighted by Crippen LogP contribution is -2.68. The van der Waals surface area contributed by atoms with Gasteiger partial charge in [0, 0.05) is 37.3 Å². The summed E-state index contributed by atoms with van der Waals surface area (Å²) in [4.78, 5) is 2.21. The largest absolute Gasteiger partial charge is 0.401 e. The fourth-order valence-electron chi connectivity index (χ4n) is 5.60. The van der Waals surface area contributed by atoms with Gasteiger partial charge in [-0.2, -0.15) is 4.57 Å². The third-order valence-corrected chi connectivity index (χ3v) is 8.11. The molecule has 44 heavy (non-hydrogen) atoms. The number of hydrogen-bond donors (Lipinski definition) is 0. The van der Waals surface area contributed by atoms with E-state index >= 15 is 0 Å². The predicted octanol–water partition coefficient (Wildman–Crippen LogP) is -3.06. The second kappa shape index (κ2) is 17.4. The minimum absolute atomic E-state index is 0.335. The van der Waals surface area contributed by atoms with E-state index in [0.29, 0.717) is 5.92 Å². The van der Waals surface area contributed by atoms with Crippen molar-refractivity contribution in [3.05, 3.63) is 72.3 Å². The van der Waals surface area contributed by atoms with Crippen molar-refractivity contribution >= 4 is 16.8 Å². The molecule has 0 radical (unpaired) electrons. The number of nitrogens with zero attached hydrogens (tertiary/aromatic N) is 3. The van der Waals surface area contributed by atoms with Gasteiger partial charge in [-0.25, -0.2) is 37.3 Å². The van der Waals surface area contributed by atoms with Gasteiger partial charge in [0.05, 0.1) is 32.6 Å². The molecule has 0 spiro atoms.